The van der Waals surface area contributed by atoms with Crippen LogP contribution in [0.2, 0.25) is 0 Å². The van der Waals surface area contributed by atoms with Gasteiger partial charge in [0, 0.05) is 6.54 Å². The lowest BCUT2D eigenvalue weighted by molar-refractivity contribution is -0.142. The molecule has 2 aliphatic heterocycles. The second-order valence-electron chi connectivity index (χ2n) is 7.31. The van der Waals surface area contributed by atoms with Crippen molar-refractivity contribution in [2.45, 2.75) is 70.7 Å². The van der Waals surface area contributed by atoms with Crippen molar-refractivity contribution < 1.29 is 19.5 Å². The largest absolute Gasteiger partial charge is 0.383 e. The Labute approximate surface area is 143 Å². The molecule has 0 radical (unpaired) electrons. The van der Waals surface area contributed by atoms with Gasteiger partial charge in [0.1, 0.15) is 12.1 Å². The van der Waals surface area contributed by atoms with Crippen molar-refractivity contribution in [3.8, 4) is 0 Å². The summed E-state index contributed by atoms with van der Waals surface area (Å²) in [4.78, 5) is 40.3. The van der Waals surface area contributed by atoms with Crippen LogP contribution in [-0.2, 0) is 14.4 Å². The molecule has 2 saturated heterocycles. The van der Waals surface area contributed by atoms with Crippen LogP contribution in [0.1, 0.15) is 46.5 Å². The van der Waals surface area contributed by atoms with E-state index in [0.29, 0.717) is 38.1 Å². The van der Waals surface area contributed by atoms with Gasteiger partial charge in [-0.15, -0.1) is 0 Å². The van der Waals surface area contributed by atoms with E-state index in [-0.39, 0.29) is 24.3 Å². The van der Waals surface area contributed by atoms with E-state index in [1.807, 2.05) is 20.8 Å². The molecule has 0 saturated carbocycles. The summed E-state index contributed by atoms with van der Waals surface area (Å²) in [5.74, 6) is -0.463. The Morgan fingerprint density at radius 2 is 1.96 bits per heavy atom. The number of hydrogen-bond acceptors (Lipinski definition) is 5. The summed E-state index contributed by atoms with van der Waals surface area (Å²) in [7, 11) is 0. The Kier molecular flexibility index (Phi) is 5.98. The van der Waals surface area contributed by atoms with Gasteiger partial charge in [0.15, 0.2) is 5.78 Å². The Morgan fingerprint density at radius 3 is 2.54 bits per heavy atom. The Balaban J connectivity index is 2.09. The number of aliphatic hydroxyl groups excluding tert-OH is 1. The minimum Gasteiger partial charge on any atom is -0.383 e. The average molecular weight is 339 g/mol. The summed E-state index contributed by atoms with van der Waals surface area (Å²) < 4.78 is 0. The molecule has 4 atom stereocenters. The molecular formula is C17H29N3O4. The highest BCUT2D eigenvalue weighted by Gasteiger charge is 2.52. The first-order valence-electron chi connectivity index (χ1n) is 8.85. The Bertz CT molecular complexity index is 508. The van der Waals surface area contributed by atoms with Crippen molar-refractivity contribution in [1.29, 1.82) is 0 Å². The third-order valence-electron chi connectivity index (χ3n) is 4.88. The molecule has 2 fully saturated rings. The number of hydrogen-bond donors (Lipinski definition) is 2. The fraction of sp³-hybridized carbons (Fsp3) is 0.824. The zero-order valence-electron chi connectivity index (χ0n) is 14.8. The van der Waals surface area contributed by atoms with Crippen LogP contribution in [0, 0.1) is 5.92 Å². The van der Waals surface area contributed by atoms with Crippen molar-refractivity contribution in [3.05, 3.63) is 0 Å². The maximum atomic E-state index is 12.6. The molecule has 3 N–H and O–H groups in total. The van der Waals surface area contributed by atoms with Gasteiger partial charge in [-0.25, -0.2) is 0 Å². The smallest absolute Gasteiger partial charge is 0.252 e. The van der Waals surface area contributed by atoms with Crippen LogP contribution >= 0.6 is 0 Å². The van der Waals surface area contributed by atoms with E-state index in [2.05, 4.69) is 0 Å². The lowest BCUT2D eigenvalue weighted by atomic mass is 10.0. The number of carbonyl (C=O) groups is 3. The average Bonchev–Trinajstić information content (AvgIpc) is 3.07. The molecule has 7 heteroatoms. The fourth-order valence-electron chi connectivity index (χ4n) is 3.77. The van der Waals surface area contributed by atoms with Crippen LogP contribution in [0.4, 0.5) is 0 Å². The summed E-state index contributed by atoms with van der Waals surface area (Å²) in [5, 5.41) is 9.94. The van der Waals surface area contributed by atoms with Crippen molar-refractivity contribution in [2.24, 2.45) is 11.7 Å². The van der Waals surface area contributed by atoms with E-state index < -0.39 is 24.1 Å². The first kappa shape index (κ1) is 18.9. The van der Waals surface area contributed by atoms with Crippen LogP contribution in [0.3, 0.4) is 0 Å². The molecule has 24 heavy (non-hydrogen) atoms. The van der Waals surface area contributed by atoms with Crippen molar-refractivity contribution in [3.63, 3.8) is 0 Å². The summed E-state index contributed by atoms with van der Waals surface area (Å²) in [6, 6.07) is -1.55. The number of Topliss-reactive ketones (excluding diaryl/α,β-unsaturated/α-hetero) is 1. The molecule has 2 amide bonds. The van der Waals surface area contributed by atoms with Gasteiger partial charge in [0.2, 0.25) is 5.91 Å². The molecule has 2 aliphatic rings. The molecule has 4 unspecified atom stereocenters. The highest BCUT2D eigenvalue weighted by molar-refractivity contribution is 5.98. The first-order valence-corrected chi connectivity index (χ1v) is 8.85. The summed E-state index contributed by atoms with van der Waals surface area (Å²) in [5.41, 5.74) is 5.99. The molecular weight excluding hydrogens is 310 g/mol. The topological polar surface area (TPSA) is 104 Å². The van der Waals surface area contributed by atoms with Gasteiger partial charge in [-0.1, -0.05) is 27.2 Å². The number of likely N-dealkylation sites (tertiary alicyclic amines) is 2. The Morgan fingerprint density at radius 1 is 1.29 bits per heavy atom. The zero-order valence-corrected chi connectivity index (χ0v) is 14.8. The summed E-state index contributed by atoms with van der Waals surface area (Å²) >= 11 is 0. The number of amides is 2. The number of fused-ring (bicyclic) bond motifs is 1. The van der Waals surface area contributed by atoms with Crippen LogP contribution in [-0.4, -0.2) is 69.8 Å². The normalized spacial score (nSPS) is 26.0. The molecule has 0 aromatic carbocycles. The number of ketones is 1. The molecule has 0 spiro atoms. The predicted octanol–water partition coefficient (Wildman–Crippen LogP) is -0.0984. The highest BCUT2D eigenvalue weighted by Crippen LogP contribution is 2.31. The second-order valence-corrected chi connectivity index (χ2v) is 7.31. The van der Waals surface area contributed by atoms with Gasteiger partial charge in [-0.05, 0) is 25.2 Å². The van der Waals surface area contributed by atoms with E-state index in [9.17, 15) is 19.5 Å². The monoisotopic (exact) mass is 339 g/mol. The van der Waals surface area contributed by atoms with Crippen molar-refractivity contribution >= 4 is 17.6 Å². The van der Waals surface area contributed by atoms with Crippen LogP contribution in [0.15, 0.2) is 0 Å². The SMILES string of the molecule is CCCC(O)C(=O)N1CC(=O)C2C1CCN2C(=O)C(N)CC(C)C. The molecule has 0 bridgehead atoms. The van der Waals surface area contributed by atoms with E-state index in [0.717, 1.165) is 0 Å². The first-order chi connectivity index (χ1) is 11.3. The molecule has 0 aliphatic carbocycles. The summed E-state index contributed by atoms with van der Waals surface area (Å²) in [6.07, 6.45) is 1.12. The molecule has 2 rings (SSSR count). The maximum absolute atomic E-state index is 12.6. The van der Waals surface area contributed by atoms with Crippen LogP contribution in [0.25, 0.3) is 0 Å². The lowest BCUT2D eigenvalue weighted by Gasteiger charge is -2.27. The summed E-state index contributed by atoms with van der Waals surface area (Å²) in [6.45, 7) is 6.28. The van der Waals surface area contributed by atoms with Gasteiger partial charge in [-0.2, -0.15) is 0 Å². The molecule has 0 aromatic heterocycles. The van der Waals surface area contributed by atoms with E-state index >= 15 is 0 Å². The third-order valence-corrected chi connectivity index (χ3v) is 4.88. The quantitative estimate of drug-likeness (QED) is 0.703. The third kappa shape index (κ3) is 3.62. The maximum Gasteiger partial charge on any atom is 0.252 e. The van der Waals surface area contributed by atoms with Gasteiger partial charge < -0.3 is 20.6 Å². The highest BCUT2D eigenvalue weighted by atomic mass is 16.3. The number of carbonyl (C=O) groups excluding carboxylic acids is 3. The van der Waals surface area contributed by atoms with Crippen molar-refractivity contribution in [2.75, 3.05) is 13.1 Å². The van der Waals surface area contributed by atoms with E-state index in [1.165, 1.54) is 4.90 Å². The van der Waals surface area contributed by atoms with Crippen molar-refractivity contribution in [1.82, 2.24) is 9.80 Å². The lowest BCUT2D eigenvalue weighted by Crippen LogP contribution is -2.50. The minimum atomic E-state index is -1.07. The van der Waals surface area contributed by atoms with Gasteiger partial charge >= 0.3 is 0 Å². The number of aliphatic hydroxyl groups is 1. The van der Waals surface area contributed by atoms with Crippen LogP contribution in [0.5, 0.6) is 0 Å². The number of rotatable bonds is 6. The van der Waals surface area contributed by atoms with E-state index in [4.69, 9.17) is 5.73 Å². The van der Waals surface area contributed by atoms with Gasteiger partial charge in [0.25, 0.3) is 5.91 Å². The molecule has 0 aromatic rings. The standard InChI is InChI=1S/C17H29N3O4/c1-4-5-13(21)17(24)20-9-14(22)15-12(20)6-7-19(15)16(23)11(18)8-10(2)3/h10-13,15,21H,4-9,18H2,1-3H3. The second kappa shape index (κ2) is 7.61. The molecule has 7 nitrogen and oxygen atoms in total. The molecule has 2 heterocycles. The van der Waals surface area contributed by atoms with Gasteiger partial charge in [-0.3, -0.25) is 14.4 Å². The molecule has 136 valence electrons. The number of nitrogens with two attached hydrogens (primary N) is 1. The minimum absolute atomic E-state index is 0.0296. The fourth-order valence-corrected chi connectivity index (χ4v) is 3.77. The van der Waals surface area contributed by atoms with Crippen LogP contribution < -0.4 is 5.73 Å². The zero-order chi connectivity index (χ0) is 18.0. The predicted molar refractivity (Wildman–Crippen MR) is 89.0 cm³/mol. The number of nitrogens with zero attached hydrogens (tertiary/aromatic N) is 2. The van der Waals surface area contributed by atoms with Gasteiger partial charge in [0.05, 0.1) is 18.6 Å². The Hall–Kier alpha value is -1.47. The van der Waals surface area contributed by atoms with E-state index in [1.54, 1.807) is 4.90 Å².